The summed E-state index contributed by atoms with van der Waals surface area (Å²) in [5.41, 5.74) is -0.965. The molecule has 2 rings (SSSR count). The minimum atomic E-state index is -0.640. The van der Waals surface area contributed by atoms with Crippen molar-refractivity contribution in [3.05, 3.63) is 0 Å². The van der Waals surface area contributed by atoms with Crippen molar-refractivity contribution in [3.63, 3.8) is 0 Å². The molecular formula is C14H26N2O3. The maximum atomic E-state index is 12.0. The summed E-state index contributed by atoms with van der Waals surface area (Å²) in [7, 11) is 1.69. The van der Waals surface area contributed by atoms with Gasteiger partial charge in [-0.25, -0.2) is 0 Å². The summed E-state index contributed by atoms with van der Waals surface area (Å²) >= 11 is 0. The number of rotatable bonds is 3. The van der Waals surface area contributed by atoms with E-state index in [1.165, 1.54) is 0 Å². The van der Waals surface area contributed by atoms with Crippen molar-refractivity contribution >= 4 is 5.91 Å². The van der Waals surface area contributed by atoms with E-state index in [-0.39, 0.29) is 11.3 Å². The zero-order chi connectivity index (χ0) is 13.9. The zero-order valence-corrected chi connectivity index (χ0v) is 12.1. The third-order valence-corrected chi connectivity index (χ3v) is 4.49. The second-order valence-corrected chi connectivity index (χ2v) is 6.29. The van der Waals surface area contributed by atoms with Crippen LogP contribution in [0.4, 0.5) is 0 Å². The summed E-state index contributed by atoms with van der Waals surface area (Å²) in [6.07, 6.45) is 3.32. The fourth-order valence-corrected chi connectivity index (χ4v) is 3.29. The van der Waals surface area contributed by atoms with Crippen LogP contribution in [0.15, 0.2) is 0 Å². The van der Waals surface area contributed by atoms with Crippen LogP contribution >= 0.6 is 0 Å². The molecule has 0 aliphatic carbocycles. The van der Waals surface area contributed by atoms with Gasteiger partial charge in [0.25, 0.3) is 0 Å². The van der Waals surface area contributed by atoms with E-state index < -0.39 is 5.60 Å². The average Bonchev–Trinajstić information content (AvgIpc) is 2.38. The number of hydrogen-bond acceptors (Lipinski definition) is 4. The first-order chi connectivity index (χ1) is 8.97. The summed E-state index contributed by atoms with van der Waals surface area (Å²) in [6.45, 7) is 5.65. The predicted octanol–water partition coefficient (Wildman–Crippen LogP) is 0.376. The second-order valence-electron chi connectivity index (χ2n) is 6.29. The van der Waals surface area contributed by atoms with Gasteiger partial charge in [0.05, 0.1) is 11.0 Å². The van der Waals surface area contributed by atoms with Gasteiger partial charge < -0.3 is 15.2 Å². The number of amides is 1. The number of carbonyl (C=O) groups is 1. The number of ether oxygens (including phenoxy) is 1. The smallest absolute Gasteiger partial charge is 0.226 e. The summed E-state index contributed by atoms with van der Waals surface area (Å²) < 4.78 is 5.31. The third-order valence-electron chi connectivity index (χ3n) is 4.49. The van der Waals surface area contributed by atoms with Crippen LogP contribution < -0.4 is 5.32 Å². The lowest BCUT2D eigenvalue weighted by Crippen LogP contribution is -2.54. The van der Waals surface area contributed by atoms with Crippen LogP contribution in [-0.4, -0.2) is 61.4 Å². The highest BCUT2D eigenvalue weighted by Gasteiger charge is 2.40. The summed E-state index contributed by atoms with van der Waals surface area (Å²) in [5.74, 6) is 0.108. The van der Waals surface area contributed by atoms with E-state index in [1.807, 2.05) is 6.92 Å². The Morgan fingerprint density at radius 3 is 2.68 bits per heavy atom. The predicted molar refractivity (Wildman–Crippen MR) is 72.9 cm³/mol. The van der Waals surface area contributed by atoms with Crippen molar-refractivity contribution < 1.29 is 14.6 Å². The summed E-state index contributed by atoms with van der Waals surface area (Å²) in [5, 5.41) is 13.3. The monoisotopic (exact) mass is 270 g/mol. The number of carbonyl (C=O) groups excluding carboxylic acids is 1. The maximum Gasteiger partial charge on any atom is 0.226 e. The first kappa shape index (κ1) is 14.8. The average molecular weight is 270 g/mol. The van der Waals surface area contributed by atoms with Gasteiger partial charge in [-0.3, -0.25) is 9.69 Å². The standard InChI is InChI=1S/C14H26N2O3/c1-13(12(17)15-2)4-3-7-16(10-13)11-14(18)5-8-19-9-6-14/h18H,3-11H2,1-2H3,(H,15,17)/t13-/m0/s1. The van der Waals surface area contributed by atoms with Crippen LogP contribution in [0.3, 0.4) is 0 Å². The van der Waals surface area contributed by atoms with Crippen molar-refractivity contribution in [3.8, 4) is 0 Å². The van der Waals surface area contributed by atoms with Crippen LogP contribution in [0.1, 0.15) is 32.6 Å². The number of aliphatic hydroxyl groups is 1. The van der Waals surface area contributed by atoms with E-state index in [1.54, 1.807) is 7.05 Å². The second kappa shape index (κ2) is 5.77. The molecule has 2 aliphatic heterocycles. The molecule has 2 aliphatic rings. The summed E-state index contributed by atoms with van der Waals surface area (Å²) in [6, 6.07) is 0. The van der Waals surface area contributed by atoms with Crippen LogP contribution in [0.25, 0.3) is 0 Å². The number of piperidine rings is 1. The number of β-amino-alcohol motifs (C(OH)–C–C–N with tert-alkyl or cyclic N) is 1. The number of nitrogens with one attached hydrogen (secondary N) is 1. The summed E-state index contributed by atoms with van der Waals surface area (Å²) in [4.78, 5) is 14.2. The van der Waals surface area contributed by atoms with Crippen molar-refractivity contribution in [2.24, 2.45) is 5.41 Å². The maximum absolute atomic E-state index is 12.0. The first-order valence-corrected chi connectivity index (χ1v) is 7.22. The molecule has 0 saturated carbocycles. The molecule has 2 heterocycles. The van der Waals surface area contributed by atoms with Gasteiger partial charge in [-0.05, 0) is 26.3 Å². The van der Waals surface area contributed by atoms with E-state index >= 15 is 0 Å². The quantitative estimate of drug-likeness (QED) is 0.778. The van der Waals surface area contributed by atoms with Crippen LogP contribution in [-0.2, 0) is 9.53 Å². The van der Waals surface area contributed by atoms with Gasteiger partial charge in [-0.15, -0.1) is 0 Å². The van der Waals surface area contributed by atoms with Crippen molar-refractivity contribution in [2.75, 3.05) is 39.9 Å². The van der Waals surface area contributed by atoms with Gasteiger partial charge in [0.2, 0.25) is 5.91 Å². The van der Waals surface area contributed by atoms with E-state index in [0.717, 1.165) is 25.9 Å². The molecule has 2 N–H and O–H groups in total. The molecule has 5 heteroatoms. The van der Waals surface area contributed by atoms with Crippen LogP contribution in [0.2, 0.25) is 0 Å². The lowest BCUT2D eigenvalue weighted by atomic mass is 9.80. The topological polar surface area (TPSA) is 61.8 Å². The Morgan fingerprint density at radius 1 is 1.37 bits per heavy atom. The minimum Gasteiger partial charge on any atom is -0.388 e. The Labute approximate surface area is 115 Å². The van der Waals surface area contributed by atoms with Gasteiger partial charge in [0, 0.05) is 46.2 Å². The number of likely N-dealkylation sites (tertiary alicyclic amines) is 1. The molecule has 1 amide bonds. The van der Waals surface area contributed by atoms with E-state index in [0.29, 0.717) is 32.6 Å². The number of hydrogen-bond donors (Lipinski definition) is 2. The zero-order valence-electron chi connectivity index (χ0n) is 12.1. The molecule has 0 aromatic heterocycles. The molecule has 5 nitrogen and oxygen atoms in total. The molecular weight excluding hydrogens is 244 g/mol. The van der Waals surface area contributed by atoms with Gasteiger partial charge in [-0.2, -0.15) is 0 Å². The number of nitrogens with zero attached hydrogens (tertiary/aromatic N) is 1. The van der Waals surface area contributed by atoms with Crippen LogP contribution in [0.5, 0.6) is 0 Å². The highest BCUT2D eigenvalue weighted by atomic mass is 16.5. The third kappa shape index (κ3) is 3.46. The Balaban J connectivity index is 1.95. The minimum absolute atomic E-state index is 0.108. The van der Waals surface area contributed by atoms with Crippen molar-refractivity contribution in [1.82, 2.24) is 10.2 Å². The fraction of sp³-hybridized carbons (Fsp3) is 0.929. The molecule has 0 unspecified atom stereocenters. The van der Waals surface area contributed by atoms with E-state index in [4.69, 9.17) is 4.74 Å². The van der Waals surface area contributed by atoms with E-state index in [9.17, 15) is 9.90 Å². The van der Waals surface area contributed by atoms with Gasteiger partial charge >= 0.3 is 0 Å². The Kier molecular flexibility index (Phi) is 4.48. The van der Waals surface area contributed by atoms with Gasteiger partial charge in [0.1, 0.15) is 0 Å². The normalized spacial score (nSPS) is 31.9. The molecule has 0 spiro atoms. The van der Waals surface area contributed by atoms with Crippen molar-refractivity contribution in [2.45, 2.75) is 38.2 Å². The molecule has 110 valence electrons. The Morgan fingerprint density at radius 2 is 2.05 bits per heavy atom. The lowest BCUT2D eigenvalue weighted by molar-refractivity contribution is -0.135. The van der Waals surface area contributed by atoms with E-state index in [2.05, 4.69) is 10.2 Å². The lowest BCUT2D eigenvalue weighted by Gasteiger charge is -2.43. The van der Waals surface area contributed by atoms with Crippen molar-refractivity contribution in [1.29, 1.82) is 0 Å². The molecule has 0 aromatic rings. The fourth-order valence-electron chi connectivity index (χ4n) is 3.29. The molecule has 19 heavy (non-hydrogen) atoms. The highest BCUT2D eigenvalue weighted by Crippen LogP contribution is 2.31. The van der Waals surface area contributed by atoms with Crippen LogP contribution in [0, 0.1) is 5.41 Å². The molecule has 0 aromatic carbocycles. The Bertz CT molecular complexity index is 329. The molecule has 1 atom stereocenters. The molecule has 0 radical (unpaired) electrons. The largest absolute Gasteiger partial charge is 0.388 e. The molecule has 2 fully saturated rings. The SMILES string of the molecule is CNC(=O)[C@@]1(C)CCCN(CC2(O)CCOCC2)C1. The highest BCUT2D eigenvalue weighted by molar-refractivity contribution is 5.82. The first-order valence-electron chi connectivity index (χ1n) is 7.22. The Hall–Kier alpha value is -0.650. The molecule has 2 saturated heterocycles. The molecule has 0 bridgehead atoms. The van der Waals surface area contributed by atoms with Gasteiger partial charge in [0.15, 0.2) is 0 Å². The van der Waals surface area contributed by atoms with Gasteiger partial charge in [-0.1, -0.05) is 0 Å².